The van der Waals surface area contributed by atoms with Crippen molar-refractivity contribution in [3.63, 3.8) is 0 Å². The fraction of sp³-hybridized carbons (Fsp3) is 0.0909. The van der Waals surface area contributed by atoms with E-state index in [2.05, 4.69) is 41.9 Å². The SMILES string of the molecule is Cc1cc(Br)c([N+](=O)[O-])cc1NC=C(C#N)c1nn[nH]n1. The molecule has 0 saturated heterocycles. The zero-order valence-corrected chi connectivity index (χ0v) is 12.2. The van der Waals surface area contributed by atoms with Crippen molar-refractivity contribution >= 4 is 32.9 Å². The highest BCUT2D eigenvalue weighted by molar-refractivity contribution is 9.10. The molecule has 0 fully saturated rings. The van der Waals surface area contributed by atoms with E-state index in [-0.39, 0.29) is 17.1 Å². The first-order chi connectivity index (χ1) is 10.0. The molecule has 9 nitrogen and oxygen atoms in total. The molecule has 106 valence electrons. The molecule has 0 bridgehead atoms. The Balaban J connectivity index is 2.34. The predicted molar refractivity (Wildman–Crippen MR) is 76.9 cm³/mol. The van der Waals surface area contributed by atoms with Gasteiger partial charge in [0.05, 0.1) is 9.40 Å². The van der Waals surface area contributed by atoms with E-state index in [0.29, 0.717) is 10.2 Å². The summed E-state index contributed by atoms with van der Waals surface area (Å²) in [5.41, 5.74) is 1.35. The highest BCUT2D eigenvalue weighted by atomic mass is 79.9. The molecule has 0 unspecified atom stereocenters. The van der Waals surface area contributed by atoms with Crippen molar-refractivity contribution in [2.24, 2.45) is 0 Å². The first-order valence-electron chi connectivity index (χ1n) is 5.58. The van der Waals surface area contributed by atoms with E-state index in [0.717, 1.165) is 5.56 Å². The first kappa shape index (κ1) is 14.6. The van der Waals surface area contributed by atoms with Gasteiger partial charge in [0.25, 0.3) is 5.69 Å². The molecule has 2 N–H and O–H groups in total. The minimum absolute atomic E-state index is 0.0745. The van der Waals surface area contributed by atoms with Gasteiger partial charge in [-0.05, 0) is 39.7 Å². The quantitative estimate of drug-likeness (QED) is 0.490. The smallest absolute Gasteiger partial charge is 0.285 e. The number of aromatic nitrogens is 4. The van der Waals surface area contributed by atoms with Crippen LogP contribution in [-0.2, 0) is 0 Å². The van der Waals surface area contributed by atoms with Crippen molar-refractivity contribution in [2.45, 2.75) is 6.92 Å². The van der Waals surface area contributed by atoms with Gasteiger partial charge in [0, 0.05) is 18.0 Å². The van der Waals surface area contributed by atoms with Crippen LogP contribution in [0.3, 0.4) is 0 Å². The average Bonchev–Trinajstić information content (AvgIpc) is 2.95. The Morgan fingerprint density at radius 2 is 2.38 bits per heavy atom. The Labute approximate surface area is 126 Å². The lowest BCUT2D eigenvalue weighted by molar-refractivity contribution is -0.385. The molecule has 10 heteroatoms. The molecule has 0 saturated carbocycles. The molecule has 0 aliphatic carbocycles. The van der Waals surface area contributed by atoms with Crippen LogP contribution in [0.2, 0.25) is 0 Å². The van der Waals surface area contributed by atoms with Crippen molar-refractivity contribution in [3.8, 4) is 6.07 Å². The number of hydrogen-bond acceptors (Lipinski definition) is 7. The Morgan fingerprint density at radius 3 is 2.95 bits per heavy atom. The summed E-state index contributed by atoms with van der Waals surface area (Å²) >= 11 is 3.14. The first-order valence-corrected chi connectivity index (χ1v) is 6.37. The molecule has 2 aromatic rings. The van der Waals surface area contributed by atoms with Gasteiger partial charge >= 0.3 is 0 Å². The van der Waals surface area contributed by atoms with Gasteiger partial charge in [-0.3, -0.25) is 10.1 Å². The molecular weight excluding hydrogens is 342 g/mol. The van der Waals surface area contributed by atoms with Crippen LogP contribution in [0.5, 0.6) is 0 Å². The molecule has 0 spiro atoms. The van der Waals surface area contributed by atoms with E-state index in [1.165, 1.54) is 12.3 Å². The Morgan fingerprint density at radius 1 is 1.62 bits per heavy atom. The summed E-state index contributed by atoms with van der Waals surface area (Å²) < 4.78 is 0.387. The number of anilines is 1. The van der Waals surface area contributed by atoms with Gasteiger partial charge in [-0.25, -0.2) is 0 Å². The van der Waals surface area contributed by atoms with Gasteiger partial charge in [-0.2, -0.15) is 10.5 Å². The number of nitro benzene ring substituents is 1. The van der Waals surface area contributed by atoms with Crippen LogP contribution in [0.4, 0.5) is 11.4 Å². The molecule has 2 rings (SSSR count). The fourth-order valence-electron chi connectivity index (χ4n) is 1.53. The molecule has 0 amide bonds. The number of allylic oxidation sites excluding steroid dienone is 1. The highest BCUT2D eigenvalue weighted by Crippen LogP contribution is 2.31. The highest BCUT2D eigenvalue weighted by Gasteiger charge is 2.14. The fourth-order valence-corrected chi connectivity index (χ4v) is 2.13. The molecule has 0 radical (unpaired) electrons. The maximum Gasteiger partial charge on any atom is 0.285 e. The summed E-state index contributed by atoms with van der Waals surface area (Å²) in [6.45, 7) is 1.78. The number of nitro groups is 1. The molecule has 0 aliphatic heterocycles. The van der Waals surface area contributed by atoms with Gasteiger partial charge in [0.1, 0.15) is 11.6 Å². The van der Waals surface area contributed by atoms with Gasteiger partial charge in [0.2, 0.25) is 5.82 Å². The van der Waals surface area contributed by atoms with Gasteiger partial charge in [-0.15, -0.1) is 10.2 Å². The summed E-state index contributed by atoms with van der Waals surface area (Å²) in [4.78, 5) is 10.4. The molecule has 21 heavy (non-hydrogen) atoms. The topological polar surface area (TPSA) is 133 Å². The summed E-state index contributed by atoms with van der Waals surface area (Å²) in [5.74, 6) is 0.134. The molecule has 1 aromatic carbocycles. The Bertz CT molecular complexity index is 749. The van der Waals surface area contributed by atoms with Crippen LogP contribution in [0.1, 0.15) is 11.4 Å². The summed E-state index contributed by atoms with van der Waals surface area (Å²) in [6.07, 6.45) is 1.37. The second-order valence-corrected chi connectivity index (χ2v) is 4.78. The summed E-state index contributed by atoms with van der Waals surface area (Å²) in [6, 6.07) is 4.91. The van der Waals surface area contributed by atoms with Crippen molar-refractivity contribution < 1.29 is 4.92 Å². The zero-order chi connectivity index (χ0) is 15.4. The van der Waals surface area contributed by atoms with Crippen molar-refractivity contribution in [1.29, 1.82) is 5.26 Å². The third-order valence-electron chi connectivity index (χ3n) is 2.57. The number of rotatable bonds is 4. The number of benzene rings is 1. The van der Waals surface area contributed by atoms with E-state index in [9.17, 15) is 10.1 Å². The van der Waals surface area contributed by atoms with Crippen LogP contribution >= 0.6 is 15.9 Å². The largest absolute Gasteiger partial charge is 0.360 e. The second-order valence-electron chi connectivity index (χ2n) is 3.93. The number of H-pyrrole nitrogens is 1. The standard InChI is InChI=1S/C11H8BrN7O2/c1-6-2-8(12)10(19(20)21)3-9(6)14-5-7(4-13)11-15-17-18-16-11/h2-3,5,14H,1H3,(H,15,16,17,18). The second kappa shape index (κ2) is 6.10. The normalized spacial score (nSPS) is 11.0. The minimum atomic E-state index is -0.497. The molecule has 1 heterocycles. The van der Waals surface area contributed by atoms with E-state index in [1.54, 1.807) is 13.0 Å². The molecule has 0 atom stereocenters. The van der Waals surface area contributed by atoms with E-state index in [4.69, 9.17) is 5.26 Å². The monoisotopic (exact) mass is 349 g/mol. The third-order valence-corrected chi connectivity index (χ3v) is 3.20. The molecule has 1 aromatic heterocycles. The number of tetrazole rings is 1. The van der Waals surface area contributed by atoms with Crippen molar-refractivity contribution in [1.82, 2.24) is 20.6 Å². The maximum absolute atomic E-state index is 10.9. The zero-order valence-electron chi connectivity index (χ0n) is 10.7. The van der Waals surface area contributed by atoms with Gasteiger partial charge in [0.15, 0.2) is 0 Å². The number of hydrogen-bond donors (Lipinski definition) is 2. The molecule has 0 aliphatic rings. The van der Waals surface area contributed by atoms with Crippen LogP contribution in [-0.4, -0.2) is 25.5 Å². The predicted octanol–water partition coefficient (Wildman–Crippen LogP) is 2.16. The van der Waals surface area contributed by atoms with E-state index < -0.39 is 4.92 Å². The lowest BCUT2D eigenvalue weighted by Crippen LogP contribution is -1.97. The average molecular weight is 350 g/mol. The summed E-state index contributed by atoms with van der Waals surface area (Å²) in [5, 5.41) is 35.8. The number of nitrogens with zero attached hydrogens (tertiary/aromatic N) is 5. The number of nitriles is 1. The minimum Gasteiger partial charge on any atom is -0.360 e. The van der Waals surface area contributed by atoms with Crippen LogP contribution in [0, 0.1) is 28.4 Å². The maximum atomic E-state index is 10.9. The van der Waals surface area contributed by atoms with Crippen LogP contribution in [0.15, 0.2) is 22.8 Å². The number of aryl methyl sites for hydroxylation is 1. The van der Waals surface area contributed by atoms with Crippen LogP contribution in [0.25, 0.3) is 5.57 Å². The van der Waals surface area contributed by atoms with E-state index in [1.807, 2.05) is 6.07 Å². The third kappa shape index (κ3) is 3.21. The van der Waals surface area contributed by atoms with Gasteiger partial charge < -0.3 is 5.32 Å². The van der Waals surface area contributed by atoms with Crippen molar-refractivity contribution in [3.05, 3.63) is 44.3 Å². The van der Waals surface area contributed by atoms with Gasteiger partial charge in [-0.1, -0.05) is 0 Å². The van der Waals surface area contributed by atoms with Crippen molar-refractivity contribution in [2.75, 3.05) is 5.32 Å². The Hall–Kier alpha value is -2.80. The van der Waals surface area contributed by atoms with Crippen LogP contribution < -0.4 is 5.32 Å². The lowest BCUT2D eigenvalue weighted by atomic mass is 10.2. The van der Waals surface area contributed by atoms with E-state index >= 15 is 0 Å². The molecular formula is C11H8BrN7O2. The summed E-state index contributed by atoms with van der Waals surface area (Å²) in [7, 11) is 0. The Kier molecular flexibility index (Phi) is 4.24. The number of nitrogens with one attached hydrogen (secondary N) is 2. The lowest BCUT2D eigenvalue weighted by Gasteiger charge is -2.07. The number of aromatic amines is 1. The number of halogens is 1.